The third-order valence-corrected chi connectivity index (χ3v) is 6.51. The van der Waals surface area contributed by atoms with Crippen LogP contribution >= 0.6 is 0 Å². The lowest BCUT2D eigenvalue weighted by Gasteiger charge is -2.14. The molecule has 0 fully saturated rings. The SMILES string of the molecule is CCN(C)C(=O)n1c(=O)n(Cc2ccc(C)cc2)c2nc([S@@](=N)(=O)CC)nc(N)c21. The van der Waals surface area contributed by atoms with Crippen LogP contribution in [0, 0.1) is 11.7 Å². The van der Waals surface area contributed by atoms with E-state index in [1.54, 1.807) is 20.9 Å². The number of rotatable bonds is 5. The number of anilines is 1. The normalized spacial score (nSPS) is 13.3. The quantitative estimate of drug-likeness (QED) is 0.591. The lowest BCUT2D eigenvalue weighted by atomic mass is 10.1. The maximum Gasteiger partial charge on any atom is 0.339 e. The number of amides is 1. The number of carbonyl (C=O) groups is 1. The number of carbonyl (C=O) groups excluding carboxylic acids is 1. The van der Waals surface area contributed by atoms with Crippen molar-refractivity contribution in [2.24, 2.45) is 0 Å². The Bertz CT molecular complexity index is 1270. The van der Waals surface area contributed by atoms with E-state index in [4.69, 9.17) is 10.5 Å². The second-order valence-corrected chi connectivity index (χ2v) is 9.31. The summed E-state index contributed by atoms with van der Waals surface area (Å²) >= 11 is 0. The first-order valence-corrected chi connectivity index (χ1v) is 11.2. The first kappa shape index (κ1) is 21.5. The van der Waals surface area contributed by atoms with Gasteiger partial charge in [0.1, 0.15) is 15.2 Å². The Labute approximate surface area is 174 Å². The van der Waals surface area contributed by atoms with Crippen molar-refractivity contribution < 1.29 is 9.00 Å². The molecule has 160 valence electrons. The van der Waals surface area contributed by atoms with Gasteiger partial charge in [-0.2, -0.15) is 4.98 Å². The summed E-state index contributed by atoms with van der Waals surface area (Å²) in [6.07, 6.45) is 0. The molecule has 0 saturated carbocycles. The predicted octanol–water partition coefficient (Wildman–Crippen LogP) is 1.88. The zero-order chi connectivity index (χ0) is 22.2. The van der Waals surface area contributed by atoms with E-state index in [2.05, 4.69) is 9.97 Å². The first-order valence-electron chi connectivity index (χ1n) is 9.47. The van der Waals surface area contributed by atoms with Crippen molar-refractivity contribution in [3.63, 3.8) is 0 Å². The van der Waals surface area contributed by atoms with E-state index in [9.17, 15) is 13.8 Å². The lowest BCUT2D eigenvalue weighted by molar-refractivity contribution is 0.212. The van der Waals surface area contributed by atoms with Crippen molar-refractivity contribution in [2.75, 3.05) is 25.1 Å². The fraction of sp³-hybridized carbons (Fsp3) is 0.368. The molecule has 30 heavy (non-hydrogen) atoms. The number of nitrogens with two attached hydrogens (primary N) is 1. The van der Waals surface area contributed by atoms with Gasteiger partial charge in [0.05, 0.1) is 6.54 Å². The van der Waals surface area contributed by atoms with Gasteiger partial charge in [-0.05, 0) is 19.4 Å². The molecule has 0 aliphatic carbocycles. The molecule has 1 atom stereocenters. The molecule has 0 aliphatic rings. The van der Waals surface area contributed by atoms with Crippen molar-refractivity contribution in [1.29, 1.82) is 4.78 Å². The Hall–Kier alpha value is -3.21. The molecular formula is C19H25N7O3S. The largest absolute Gasteiger partial charge is 0.382 e. The molecule has 10 nitrogen and oxygen atoms in total. The minimum Gasteiger partial charge on any atom is -0.382 e. The number of fused-ring (bicyclic) bond motifs is 1. The average Bonchev–Trinajstić information content (AvgIpc) is 3.00. The molecule has 3 N–H and O–H groups in total. The van der Waals surface area contributed by atoms with Gasteiger partial charge in [-0.25, -0.2) is 28.1 Å². The monoisotopic (exact) mass is 431 g/mol. The number of hydrogen-bond donors (Lipinski definition) is 2. The summed E-state index contributed by atoms with van der Waals surface area (Å²) < 4.78 is 22.8. The molecule has 3 rings (SSSR count). The van der Waals surface area contributed by atoms with Gasteiger partial charge in [0.15, 0.2) is 11.5 Å². The number of aromatic nitrogens is 4. The zero-order valence-electron chi connectivity index (χ0n) is 17.4. The number of nitrogen functional groups attached to an aromatic ring is 1. The van der Waals surface area contributed by atoms with E-state index in [0.29, 0.717) is 6.54 Å². The Morgan fingerprint density at radius 2 is 1.87 bits per heavy atom. The van der Waals surface area contributed by atoms with Gasteiger partial charge in [-0.1, -0.05) is 36.8 Å². The fourth-order valence-corrected chi connectivity index (χ4v) is 3.67. The third kappa shape index (κ3) is 3.67. The molecule has 0 saturated heterocycles. The summed E-state index contributed by atoms with van der Waals surface area (Å²) in [4.78, 5) is 35.8. The van der Waals surface area contributed by atoms with Gasteiger partial charge in [0, 0.05) is 19.3 Å². The summed E-state index contributed by atoms with van der Waals surface area (Å²) in [6.45, 7) is 5.83. The standard InChI is InChI=1S/C19H25N7O3S/c1-5-24(4)18(27)26-14-15(20)22-17(30(21,29)6-2)23-16(14)25(19(26)28)11-13-9-7-12(3)8-10-13/h7-10,21H,5-6,11H2,1-4H3,(H2,20,22,23)/t30-/m0/s1. The molecule has 2 aromatic heterocycles. The van der Waals surface area contributed by atoms with Crippen LogP contribution in [0.4, 0.5) is 10.6 Å². The highest BCUT2D eigenvalue weighted by Crippen LogP contribution is 2.21. The van der Waals surface area contributed by atoms with Crippen molar-refractivity contribution in [2.45, 2.75) is 32.5 Å². The Morgan fingerprint density at radius 3 is 2.43 bits per heavy atom. The highest BCUT2D eigenvalue weighted by atomic mass is 32.2. The van der Waals surface area contributed by atoms with E-state index in [1.807, 2.05) is 31.2 Å². The summed E-state index contributed by atoms with van der Waals surface area (Å²) in [6, 6.07) is 7.00. The van der Waals surface area contributed by atoms with E-state index in [-0.39, 0.29) is 34.4 Å². The van der Waals surface area contributed by atoms with Gasteiger partial charge >= 0.3 is 11.7 Å². The number of nitrogens with one attached hydrogen (secondary N) is 1. The van der Waals surface area contributed by atoms with Gasteiger partial charge in [0.25, 0.3) is 0 Å². The Morgan fingerprint density at radius 1 is 1.23 bits per heavy atom. The highest BCUT2D eigenvalue weighted by molar-refractivity contribution is 7.92. The van der Waals surface area contributed by atoms with Crippen LogP contribution in [0.2, 0.25) is 0 Å². The van der Waals surface area contributed by atoms with Crippen molar-refractivity contribution in [1.82, 2.24) is 24.0 Å². The summed E-state index contributed by atoms with van der Waals surface area (Å²) in [5.41, 5.74) is 7.47. The first-order chi connectivity index (χ1) is 14.1. The number of benzene rings is 1. The average molecular weight is 432 g/mol. The van der Waals surface area contributed by atoms with Crippen LogP contribution in [0.25, 0.3) is 11.2 Å². The van der Waals surface area contributed by atoms with E-state index in [0.717, 1.165) is 15.7 Å². The fourth-order valence-electron chi connectivity index (χ4n) is 2.93. The summed E-state index contributed by atoms with van der Waals surface area (Å²) in [5.74, 6) is -0.167. The van der Waals surface area contributed by atoms with Crippen molar-refractivity contribution in [3.8, 4) is 0 Å². The van der Waals surface area contributed by atoms with Crippen molar-refractivity contribution >= 4 is 32.7 Å². The highest BCUT2D eigenvalue weighted by Gasteiger charge is 2.26. The molecule has 11 heteroatoms. The molecule has 0 spiro atoms. The maximum absolute atomic E-state index is 13.2. The van der Waals surface area contributed by atoms with Crippen LogP contribution < -0.4 is 11.4 Å². The maximum atomic E-state index is 13.2. The zero-order valence-corrected chi connectivity index (χ0v) is 18.2. The van der Waals surface area contributed by atoms with Gasteiger partial charge in [0.2, 0.25) is 5.16 Å². The smallest absolute Gasteiger partial charge is 0.339 e. The summed E-state index contributed by atoms with van der Waals surface area (Å²) in [7, 11) is -1.71. The molecule has 3 aromatic rings. The number of nitrogens with zero attached hydrogens (tertiary/aromatic N) is 5. The van der Waals surface area contributed by atoms with Gasteiger partial charge < -0.3 is 10.6 Å². The molecule has 1 aromatic carbocycles. The molecule has 0 unspecified atom stereocenters. The molecule has 2 heterocycles. The molecule has 0 radical (unpaired) electrons. The topological polar surface area (TPSA) is 140 Å². The van der Waals surface area contributed by atoms with E-state index >= 15 is 0 Å². The minimum atomic E-state index is -3.27. The molecule has 0 aliphatic heterocycles. The molecular weight excluding hydrogens is 406 g/mol. The van der Waals surface area contributed by atoms with Crippen LogP contribution in [0.15, 0.2) is 34.2 Å². The van der Waals surface area contributed by atoms with Gasteiger partial charge in [-0.15, -0.1) is 0 Å². The molecule has 1 amide bonds. The second kappa shape index (κ2) is 7.90. The lowest BCUT2D eigenvalue weighted by Crippen LogP contribution is -2.38. The number of hydrogen-bond acceptors (Lipinski definition) is 7. The van der Waals surface area contributed by atoms with Crippen LogP contribution in [0.5, 0.6) is 0 Å². The van der Waals surface area contributed by atoms with Gasteiger partial charge in [-0.3, -0.25) is 4.57 Å². The number of imidazole rings is 1. The Balaban J connectivity index is 2.34. The number of aryl methyl sites for hydroxylation is 1. The van der Waals surface area contributed by atoms with Crippen LogP contribution in [-0.4, -0.2) is 53.6 Å². The second-order valence-electron chi connectivity index (χ2n) is 7.01. The summed E-state index contributed by atoms with van der Waals surface area (Å²) in [5, 5.41) is -0.249. The minimum absolute atomic E-state index is 0.00163. The van der Waals surface area contributed by atoms with E-state index < -0.39 is 21.4 Å². The van der Waals surface area contributed by atoms with Crippen LogP contribution in [-0.2, 0) is 16.3 Å². The van der Waals surface area contributed by atoms with Crippen LogP contribution in [0.1, 0.15) is 25.0 Å². The van der Waals surface area contributed by atoms with Crippen molar-refractivity contribution in [3.05, 3.63) is 45.9 Å². The molecule has 0 bridgehead atoms. The third-order valence-electron chi connectivity index (χ3n) is 4.93. The van der Waals surface area contributed by atoms with Crippen LogP contribution in [0.3, 0.4) is 0 Å². The van der Waals surface area contributed by atoms with E-state index in [1.165, 1.54) is 9.47 Å². The predicted molar refractivity (Wildman–Crippen MR) is 115 cm³/mol. The Kier molecular flexibility index (Phi) is 5.66.